The van der Waals surface area contributed by atoms with Crippen molar-refractivity contribution in [3.05, 3.63) is 15.3 Å². The third kappa shape index (κ3) is 1.51. The molecule has 1 heterocycles. The van der Waals surface area contributed by atoms with Crippen LogP contribution < -0.4 is 0 Å². The van der Waals surface area contributed by atoms with E-state index in [9.17, 15) is 9.70 Å². The molecule has 0 aromatic carbocycles. The average Bonchev–Trinajstić information content (AvgIpc) is 2.51. The zero-order chi connectivity index (χ0) is 8.97. The van der Waals surface area contributed by atoms with Crippen LogP contribution >= 0.6 is 0 Å². The normalized spacial score (nSPS) is 21.7. The lowest BCUT2D eigenvalue weighted by Gasteiger charge is -2.12. The Bertz CT molecular complexity index is 246. The van der Waals surface area contributed by atoms with Gasteiger partial charge in [0.2, 0.25) is 5.91 Å². The predicted octanol–water partition coefficient (Wildman–Crippen LogP) is 0.969. The lowest BCUT2D eigenvalue weighted by Crippen LogP contribution is -2.30. The van der Waals surface area contributed by atoms with Crippen LogP contribution in [-0.2, 0) is 4.79 Å². The number of azide groups is 1. The van der Waals surface area contributed by atoms with Crippen LogP contribution in [0, 0.1) is 4.91 Å². The molecular formula is C5H7N5O2. The summed E-state index contributed by atoms with van der Waals surface area (Å²) in [6.07, 6.45) is 1.26. The Balaban J connectivity index is 2.67. The van der Waals surface area contributed by atoms with E-state index in [1.54, 1.807) is 0 Å². The van der Waals surface area contributed by atoms with E-state index in [1.165, 1.54) is 0 Å². The fourth-order valence-electron chi connectivity index (χ4n) is 1.21. The van der Waals surface area contributed by atoms with Gasteiger partial charge in [-0.2, -0.15) is 0 Å². The maximum Gasteiger partial charge on any atom is 0.243 e. The predicted molar refractivity (Wildman–Crippen MR) is 39.7 cm³/mol. The van der Waals surface area contributed by atoms with E-state index in [0.29, 0.717) is 13.0 Å². The minimum absolute atomic E-state index is 0.459. The monoisotopic (exact) mass is 169 g/mol. The lowest BCUT2D eigenvalue weighted by atomic mass is 10.2. The number of nitroso groups, excluding NO2 is 1. The molecule has 0 spiro atoms. The summed E-state index contributed by atoms with van der Waals surface area (Å²) in [7, 11) is 0. The van der Waals surface area contributed by atoms with Crippen LogP contribution in [-0.4, -0.2) is 23.5 Å². The van der Waals surface area contributed by atoms with E-state index >= 15 is 0 Å². The van der Waals surface area contributed by atoms with E-state index in [-0.39, 0.29) is 0 Å². The molecule has 1 atom stereocenters. The first-order valence-corrected chi connectivity index (χ1v) is 3.48. The Hall–Kier alpha value is -1.62. The first-order valence-electron chi connectivity index (χ1n) is 3.48. The smallest absolute Gasteiger partial charge is 0.243 e. The van der Waals surface area contributed by atoms with Crippen molar-refractivity contribution < 1.29 is 4.79 Å². The highest BCUT2D eigenvalue weighted by Crippen LogP contribution is 2.18. The first kappa shape index (κ1) is 8.48. The minimum Gasteiger partial charge on any atom is -0.290 e. The van der Waals surface area contributed by atoms with Crippen molar-refractivity contribution in [2.75, 3.05) is 6.54 Å². The van der Waals surface area contributed by atoms with Crippen molar-refractivity contribution in [3.63, 3.8) is 0 Å². The molecule has 1 saturated heterocycles. The third-order valence-electron chi connectivity index (χ3n) is 1.76. The first-order chi connectivity index (χ1) is 5.79. The van der Waals surface area contributed by atoms with Gasteiger partial charge in [-0.3, -0.25) is 9.80 Å². The van der Waals surface area contributed by atoms with Gasteiger partial charge in [-0.25, -0.2) is 0 Å². The summed E-state index contributed by atoms with van der Waals surface area (Å²) in [6, 6.07) is -0.640. The standard InChI is InChI=1S/C5H7N5O2/c6-8-7-5(11)4-2-1-3-10(4)9-12/h4H,1-3H2. The molecule has 0 bridgehead atoms. The van der Waals surface area contributed by atoms with Gasteiger partial charge in [-0.05, 0) is 23.5 Å². The summed E-state index contributed by atoms with van der Waals surface area (Å²) in [5, 5.41) is 6.67. The average molecular weight is 169 g/mol. The Labute approximate surface area is 67.9 Å². The molecular weight excluding hydrogens is 162 g/mol. The van der Waals surface area contributed by atoms with Gasteiger partial charge in [0.05, 0.1) is 5.29 Å². The van der Waals surface area contributed by atoms with Gasteiger partial charge in [0.25, 0.3) is 0 Å². The number of nitrogens with zero attached hydrogens (tertiary/aromatic N) is 5. The zero-order valence-electron chi connectivity index (χ0n) is 6.25. The van der Waals surface area contributed by atoms with E-state index in [2.05, 4.69) is 15.3 Å². The molecule has 1 fully saturated rings. The van der Waals surface area contributed by atoms with Crippen molar-refractivity contribution in [1.29, 1.82) is 0 Å². The van der Waals surface area contributed by atoms with Gasteiger partial charge in [0.1, 0.15) is 6.04 Å². The topological polar surface area (TPSA) is 98.5 Å². The minimum atomic E-state index is -0.640. The maximum absolute atomic E-state index is 11.0. The highest BCUT2D eigenvalue weighted by molar-refractivity contribution is 5.82. The summed E-state index contributed by atoms with van der Waals surface area (Å²) >= 11 is 0. The number of amides is 1. The van der Waals surface area contributed by atoms with Crippen molar-refractivity contribution in [2.24, 2.45) is 10.4 Å². The van der Waals surface area contributed by atoms with Crippen molar-refractivity contribution in [2.45, 2.75) is 18.9 Å². The molecule has 1 aliphatic heterocycles. The maximum atomic E-state index is 11.0. The van der Waals surface area contributed by atoms with Crippen LogP contribution in [0.4, 0.5) is 0 Å². The Morgan fingerprint density at radius 2 is 2.42 bits per heavy atom. The highest BCUT2D eigenvalue weighted by atomic mass is 16.3. The van der Waals surface area contributed by atoms with Crippen molar-refractivity contribution in [3.8, 4) is 0 Å². The van der Waals surface area contributed by atoms with Gasteiger partial charge in [0, 0.05) is 11.5 Å². The number of hydrogen-bond acceptors (Lipinski definition) is 3. The van der Waals surface area contributed by atoms with Crippen LogP contribution in [0.1, 0.15) is 12.8 Å². The second kappa shape index (κ2) is 3.68. The Kier molecular flexibility index (Phi) is 2.60. The molecule has 0 saturated carbocycles. The fraction of sp³-hybridized carbons (Fsp3) is 0.800. The largest absolute Gasteiger partial charge is 0.290 e. The number of carbonyl (C=O) groups excluding carboxylic acids is 1. The summed E-state index contributed by atoms with van der Waals surface area (Å²) < 4.78 is 0. The quantitative estimate of drug-likeness (QED) is 0.266. The molecule has 7 nitrogen and oxygen atoms in total. The van der Waals surface area contributed by atoms with E-state index in [1.807, 2.05) is 0 Å². The van der Waals surface area contributed by atoms with Crippen molar-refractivity contribution in [1.82, 2.24) is 5.01 Å². The Morgan fingerprint density at radius 3 is 3.00 bits per heavy atom. The summed E-state index contributed by atoms with van der Waals surface area (Å²) in [6.45, 7) is 0.459. The Morgan fingerprint density at radius 1 is 1.67 bits per heavy atom. The lowest BCUT2D eigenvalue weighted by molar-refractivity contribution is -0.122. The molecule has 1 unspecified atom stereocenters. The van der Waals surface area contributed by atoms with Crippen LogP contribution in [0.15, 0.2) is 10.4 Å². The highest BCUT2D eigenvalue weighted by Gasteiger charge is 2.29. The van der Waals surface area contributed by atoms with Gasteiger partial charge < -0.3 is 0 Å². The number of rotatable bonds is 2. The second-order valence-electron chi connectivity index (χ2n) is 2.43. The molecule has 64 valence electrons. The zero-order valence-corrected chi connectivity index (χ0v) is 6.25. The van der Waals surface area contributed by atoms with Crippen molar-refractivity contribution >= 4 is 5.91 Å². The van der Waals surface area contributed by atoms with Gasteiger partial charge in [-0.15, -0.1) is 4.91 Å². The number of carbonyl (C=O) groups is 1. The van der Waals surface area contributed by atoms with Crippen LogP contribution in [0.2, 0.25) is 0 Å². The summed E-state index contributed by atoms with van der Waals surface area (Å²) in [5.41, 5.74) is 7.97. The van der Waals surface area contributed by atoms with E-state index in [0.717, 1.165) is 11.4 Å². The van der Waals surface area contributed by atoms with E-state index < -0.39 is 11.9 Å². The van der Waals surface area contributed by atoms with Gasteiger partial charge >= 0.3 is 0 Å². The van der Waals surface area contributed by atoms with Crippen LogP contribution in [0.3, 0.4) is 0 Å². The molecule has 0 radical (unpaired) electrons. The molecule has 1 aliphatic rings. The van der Waals surface area contributed by atoms with E-state index in [4.69, 9.17) is 5.53 Å². The molecule has 1 amide bonds. The van der Waals surface area contributed by atoms with Crippen LogP contribution in [0.5, 0.6) is 0 Å². The summed E-state index contributed by atoms with van der Waals surface area (Å²) in [4.78, 5) is 23.4. The summed E-state index contributed by atoms with van der Waals surface area (Å²) in [5.74, 6) is -0.630. The number of hydrogen-bond donors (Lipinski definition) is 0. The second-order valence-corrected chi connectivity index (χ2v) is 2.43. The molecule has 0 aliphatic carbocycles. The molecule has 7 heteroatoms. The molecule has 12 heavy (non-hydrogen) atoms. The molecule has 0 aromatic rings. The SMILES string of the molecule is [N-]=[N+]=NC(=O)C1CCCN1N=O. The fourth-order valence-corrected chi connectivity index (χ4v) is 1.21. The van der Waals surface area contributed by atoms with Gasteiger partial charge in [-0.1, -0.05) is 0 Å². The molecule has 0 N–H and O–H groups in total. The van der Waals surface area contributed by atoms with Crippen LogP contribution in [0.25, 0.3) is 10.4 Å². The molecule has 0 aromatic heterocycles. The van der Waals surface area contributed by atoms with Gasteiger partial charge in [0.15, 0.2) is 0 Å². The molecule has 1 rings (SSSR count). The third-order valence-corrected chi connectivity index (χ3v) is 1.76.